The SMILES string of the molecule is CNC(=O)c1cc([C@@H]2CN(C(=O)CCc3ccc(F)cc3)CCO2)nc2ccccc12. The molecule has 1 aromatic heterocycles. The number of halogens is 1. The Morgan fingerprint density at radius 3 is 2.74 bits per heavy atom. The van der Waals surface area contributed by atoms with Crippen molar-refractivity contribution in [2.45, 2.75) is 18.9 Å². The fourth-order valence-corrected chi connectivity index (χ4v) is 3.80. The second-order valence-electron chi connectivity index (χ2n) is 7.52. The van der Waals surface area contributed by atoms with E-state index in [0.717, 1.165) is 10.9 Å². The van der Waals surface area contributed by atoms with Gasteiger partial charge in [-0.3, -0.25) is 9.59 Å². The molecule has 0 unspecified atom stereocenters. The Kier molecular flexibility index (Phi) is 6.23. The van der Waals surface area contributed by atoms with Gasteiger partial charge in [-0.15, -0.1) is 0 Å². The molecule has 1 aliphatic heterocycles. The maximum absolute atomic E-state index is 13.1. The Hall–Kier alpha value is -3.32. The van der Waals surface area contributed by atoms with Gasteiger partial charge in [-0.25, -0.2) is 9.37 Å². The Balaban J connectivity index is 1.50. The van der Waals surface area contributed by atoms with Gasteiger partial charge in [0, 0.05) is 25.4 Å². The zero-order valence-electron chi connectivity index (χ0n) is 17.3. The minimum absolute atomic E-state index is 0.0185. The molecule has 1 atom stereocenters. The van der Waals surface area contributed by atoms with Crippen molar-refractivity contribution in [2.75, 3.05) is 26.7 Å². The smallest absolute Gasteiger partial charge is 0.251 e. The fourth-order valence-electron chi connectivity index (χ4n) is 3.80. The maximum atomic E-state index is 13.1. The number of pyridine rings is 1. The number of carbonyl (C=O) groups excluding carboxylic acids is 2. The van der Waals surface area contributed by atoms with Crippen molar-refractivity contribution in [3.05, 3.63) is 77.2 Å². The topological polar surface area (TPSA) is 71.5 Å². The molecule has 7 heteroatoms. The van der Waals surface area contributed by atoms with E-state index >= 15 is 0 Å². The van der Waals surface area contributed by atoms with Gasteiger partial charge in [-0.05, 0) is 36.2 Å². The highest BCUT2D eigenvalue weighted by Gasteiger charge is 2.27. The highest BCUT2D eigenvalue weighted by molar-refractivity contribution is 6.06. The summed E-state index contributed by atoms with van der Waals surface area (Å²) >= 11 is 0. The third-order valence-corrected chi connectivity index (χ3v) is 5.50. The zero-order valence-corrected chi connectivity index (χ0v) is 17.3. The predicted molar refractivity (Wildman–Crippen MR) is 115 cm³/mol. The van der Waals surface area contributed by atoms with Crippen molar-refractivity contribution in [3.63, 3.8) is 0 Å². The highest BCUT2D eigenvalue weighted by atomic mass is 19.1. The van der Waals surface area contributed by atoms with Crippen LogP contribution in [0.4, 0.5) is 4.39 Å². The van der Waals surface area contributed by atoms with E-state index in [1.807, 2.05) is 24.3 Å². The Bertz CT molecular complexity index is 1100. The van der Waals surface area contributed by atoms with Gasteiger partial charge >= 0.3 is 0 Å². The average Bonchev–Trinajstić information content (AvgIpc) is 2.82. The molecule has 6 nitrogen and oxygen atoms in total. The first-order valence-corrected chi connectivity index (χ1v) is 10.3. The number of hydrogen-bond acceptors (Lipinski definition) is 4. The van der Waals surface area contributed by atoms with Crippen molar-refractivity contribution < 1.29 is 18.7 Å². The van der Waals surface area contributed by atoms with E-state index in [1.54, 1.807) is 30.1 Å². The maximum Gasteiger partial charge on any atom is 0.251 e. The second kappa shape index (κ2) is 9.22. The van der Waals surface area contributed by atoms with Gasteiger partial charge in [0.05, 0.1) is 29.9 Å². The van der Waals surface area contributed by atoms with Gasteiger partial charge in [0.25, 0.3) is 5.91 Å². The molecule has 1 saturated heterocycles. The average molecular weight is 421 g/mol. The van der Waals surface area contributed by atoms with Crippen LogP contribution in [0, 0.1) is 5.82 Å². The van der Waals surface area contributed by atoms with Crippen LogP contribution in [0.1, 0.15) is 34.1 Å². The third kappa shape index (κ3) is 4.72. The summed E-state index contributed by atoms with van der Waals surface area (Å²) in [5.41, 5.74) is 2.80. The quantitative estimate of drug-likeness (QED) is 0.687. The number of aryl methyl sites for hydroxylation is 1. The van der Waals surface area contributed by atoms with Gasteiger partial charge in [0.2, 0.25) is 5.91 Å². The number of fused-ring (bicyclic) bond motifs is 1. The molecule has 3 aromatic rings. The molecule has 0 radical (unpaired) electrons. The highest BCUT2D eigenvalue weighted by Crippen LogP contribution is 2.26. The number of morpholine rings is 1. The number of ether oxygens (including phenoxy) is 1. The summed E-state index contributed by atoms with van der Waals surface area (Å²) < 4.78 is 19.0. The van der Waals surface area contributed by atoms with Crippen LogP contribution in [0.5, 0.6) is 0 Å². The van der Waals surface area contributed by atoms with Crippen molar-refractivity contribution >= 4 is 22.7 Å². The molecule has 2 amide bonds. The summed E-state index contributed by atoms with van der Waals surface area (Å²) in [6, 6.07) is 15.4. The minimum atomic E-state index is -0.406. The number of nitrogens with zero attached hydrogens (tertiary/aromatic N) is 2. The number of rotatable bonds is 5. The van der Waals surface area contributed by atoms with E-state index in [1.165, 1.54) is 12.1 Å². The molecule has 1 fully saturated rings. The Morgan fingerprint density at radius 2 is 1.97 bits per heavy atom. The van der Waals surface area contributed by atoms with E-state index in [-0.39, 0.29) is 17.6 Å². The molecule has 2 heterocycles. The summed E-state index contributed by atoms with van der Waals surface area (Å²) in [5, 5.41) is 3.44. The number of nitrogens with one attached hydrogen (secondary N) is 1. The molecule has 2 aromatic carbocycles. The van der Waals surface area contributed by atoms with E-state index in [9.17, 15) is 14.0 Å². The van der Waals surface area contributed by atoms with Crippen LogP contribution < -0.4 is 5.32 Å². The Labute approximate surface area is 180 Å². The molecular formula is C24H24FN3O3. The van der Waals surface area contributed by atoms with Crippen LogP contribution in [0.25, 0.3) is 10.9 Å². The van der Waals surface area contributed by atoms with Crippen LogP contribution in [-0.2, 0) is 16.0 Å². The summed E-state index contributed by atoms with van der Waals surface area (Å²) in [6.45, 7) is 1.28. The van der Waals surface area contributed by atoms with Crippen molar-refractivity contribution in [3.8, 4) is 0 Å². The second-order valence-corrected chi connectivity index (χ2v) is 7.52. The number of para-hydroxylation sites is 1. The van der Waals surface area contributed by atoms with E-state index in [0.29, 0.717) is 49.3 Å². The van der Waals surface area contributed by atoms with Crippen LogP contribution in [0.3, 0.4) is 0 Å². The van der Waals surface area contributed by atoms with Gasteiger partial charge in [-0.1, -0.05) is 30.3 Å². The minimum Gasteiger partial charge on any atom is -0.368 e. The molecule has 4 rings (SSSR count). The van der Waals surface area contributed by atoms with Crippen molar-refractivity contribution in [1.29, 1.82) is 0 Å². The summed E-state index contributed by atoms with van der Waals surface area (Å²) in [5.74, 6) is -0.460. The molecule has 0 spiro atoms. The van der Waals surface area contributed by atoms with Gasteiger partial charge in [0.1, 0.15) is 11.9 Å². The summed E-state index contributed by atoms with van der Waals surface area (Å²) in [6.07, 6.45) is 0.486. The number of benzene rings is 2. The van der Waals surface area contributed by atoms with Crippen LogP contribution in [0.2, 0.25) is 0 Å². The lowest BCUT2D eigenvalue weighted by molar-refractivity contribution is -0.139. The van der Waals surface area contributed by atoms with Gasteiger partial charge in [-0.2, -0.15) is 0 Å². The van der Waals surface area contributed by atoms with Crippen molar-refractivity contribution in [2.24, 2.45) is 0 Å². The largest absolute Gasteiger partial charge is 0.368 e. The molecule has 31 heavy (non-hydrogen) atoms. The molecule has 1 N–H and O–H groups in total. The van der Waals surface area contributed by atoms with Gasteiger partial charge in [0.15, 0.2) is 0 Å². The summed E-state index contributed by atoms with van der Waals surface area (Å²) in [7, 11) is 1.59. The van der Waals surface area contributed by atoms with Crippen molar-refractivity contribution in [1.82, 2.24) is 15.2 Å². The lowest BCUT2D eigenvalue weighted by atomic mass is 10.0. The predicted octanol–water partition coefficient (Wildman–Crippen LogP) is 3.27. The van der Waals surface area contributed by atoms with Crippen LogP contribution in [-0.4, -0.2) is 48.4 Å². The number of amides is 2. The fraction of sp³-hybridized carbons (Fsp3) is 0.292. The van der Waals surface area contributed by atoms with Crippen LogP contribution >= 0.6 is 0 Å². The standard InChI is InChI=1S/C24H24FN3O3/c1-26-24(30)19-14-21(27-20-5-3-2-4-18(19)20)22-15-28(12-13-31-22)23(29)11-8-16-6-9-17(25)10-7-16/h2-7,9-10,14,22H,8,11-13,15H2,1H3,(H,26,30)/t22-/m0/s1. The first kappa shape index (κ1) is 20.9. The first-order valence-electron chi connectivity index (χ1n) is 10.3. The number of hydrogen-bond donors (Lipinski definition) is 1. The third-order valence-electron chi connectivity index (χ3n) is 5.50. The number of carbonyl (C=O) groups is 2. The first-order chi connectivity index (χ1) is 15.0. The molecule has 0 bridgehead atoms. The van der Waals surface area contributed by atoms with E-state index in [2.05, 4.69) is 5.32 Å². The van der Waals surface area contributed by atoms with E-state index in [4.69, 9.17) is 9.72 Å². The normalized spacial score (nSPS) is 16.3. The van der Waals surface area contributed by atoms with E-state index < -0.39 is 6.10 Å². The van der Waals surface area contributed by atoms with Gasteiger partial charge < -0.3 is 15.0 Å². The molecular weight excluding hydrogens is 397 g/mol. The lowest BCUT2D eigenvalue weighted by Gasteiger charge is -2.33. The molecule has 1 aliphatic rings. The Morgan fingerprint density at radius 1 is 1.19 bits per heavy atom. The lowest BCUT2D eigenvalue weighted by Crippen LogP contribution is -2.42. The monoisotopic (exact) mass is 421 g/mol. The number of aromatic nitrogens is 1. The molecule has 0 saturated carbocycles. The zero-order chi connectivity index (χ0) is 21.8. The molecule has 160 valence electrons. The van der Waals surface area contributed by atoms with Crippen LogP contribution in [0.15, 0.2) is 54.6 Å². The summed E-state index contributed by atoms with van der Waals surface area (Å²) in [4.78, 5) is 31.6. The molecule has 0 aliphatic carbocycles.